The van der Waals surface area contributed by atoms with Crippen LogP contribution in [0.4, 0.5) is 0 Å². The van der Waals surface area contributed by atoms with Gasteiger partial charge in [0.2, 0.25) is 11.8 Å². The van der Waals surface area contributed by atoms with Gasteiger partial charge in [-0.3, -0.25) is 14.4 Å². The number of hydrogen-bond donors (Lipinski definition) is 1. The van der Waals surface area contributed by atoms with Crippen molar-refractivity contribution in [2.75, 3.05) is 13.6 Å². The number of Topliss-reactive ketones (excluding diaryl/α,β-unsaturated/α-hetero) is 1. The van der Waals surface area contributed by atoms with E-state index in [0.717, 1.165) is 12.8 Å². The first-order valence-electron chi connectivity index (χ1n) is 9.03. The lowest BCUT2D eigenvalue weighted by Gasteiger charge is -2.33. The Labute approximate surface area is 145 Å². The maximum Gasteiger partial charge on any atom is 0.245 e. The molecule has 0 saturated carbocycles. The van der Waals surface area contributed by atoms with Crippen molar-refractivity contribution in [1.82, 2.24) is 9.80 Å². The minimum atomic E-state index is -0.548. The Morgan fingerprint density at radius 3 is 2.42 bits per heavy atom. The third-order valence-corrected chi connectivity index (χ3v) is 4.72. The first kappa shape index (κ1) is 20.6. The number of likely N-dealkylation sites (tertiary alicyclic amines) is 1. The first-order chi connectivity index (χ1) is 11.2. The fraction of sp³-hybridized carbons (Fsp3) is 0.833. The zero-order chi connectivity index (χ0) is 18.4. The van der Waals surface area contributed by atoms with Crippen LogP contribution in [-0.2, 0) is 14.4 Å². The lowest BCUT2D eigenvalue weighted by molar-refractivity contribution is -0.147. The Morgan fingerprint density at radius 2 is 1.92 bits per heavy atom. The SMILES string of the molecule is CCC[C@H](N)C(=O)N1CCC[C@H]1C(=O)N(C)[C@H](CC(C)C)C(C)=O. The van der Waals surface area contributed by atoms with Crippen LogP contribution in [0.1, 0.15) is 59.8 Å². The number of likely N-dealkylation sites (N-methyl/N-ethyl adjacent to an activating group) is 1. The van der Waals surface area contributed by atoms with Gasteiger partial charge in [0.15, 0.2) is 5.78 Å². The molecule has 0 bridgehead atoms. The molecule has 1 rings (SSSR count). The smallest absolute Gasteiger partial charge is 0.245 e. The highest BCUT2D eigenvalue weighted by atomic mass is 16.2. The minimum absolute atomic E-state index is 0.0156. The molecule has 1 aliphatic rings. The number of hydrogen-bond acceptors (Lipinski definition) is 4. The quantitative estimate of drug-likeness (QED) is 0.727. The van der Waals surface area contributed by atoms with E-state index in [1.165, 1.54) is 11.8 Å². The molecule has 1 aliphatic heterocycles. The monoisotopic (exact) mass is 339 g/mol. The van der Waals surface area contributed by atoms with Crippen LogP contribution < -0.4 is 5.73 Å². The van der Waals surface area contributed by atoms with E-state index in [1.54, 1.807) is 11.9 Å². The Bertz CT molecular complexity index is 464. The summed E-state index contributed by atoms with van der Waals surface area (Å²) < 4.78 is 0. The summed E-state index contributed by atoms with van der Waals surface area (Å²) in [5.74, 6) is 0.00119. The van der Waals surface area contributed by atoms with Crippen molar-refractivity contribution >= 4 is 17.6 Å². The molecule has 2 N–H and O–H groups in total. The summed E-state index contributed by atoms with van der Waals surface area (Å²) in [5, 5.41) is 0. The molecule has 138 valence electrons. The lowest BCUT2D eigenvalue weighted by atomic mass is 9.99. The van der Waals surface area contributed by atoms with Crippen LogP contribution >= 0.6 is 0 Å². The van der Waals surface area contributed by atoms with E-state index in [9.17, 15) is 14.4 Å². The predicted octanol–water partition coefficient (Wildman–Crippen LogP) is 1.57. The van der Waals surface area contributed by atoms with Gasteiger partial charge in [-0.2, -0.15) is 0 Å². The van der Waals surface area contributed by atoms with Crippen LogP contribution in [0.15, 0.2) is 0 Å². The average molecular weight is 339 g/mol. The van der Waals surface area contributed by atoms with E-state index in [4.69, 9.17) is 5.73 Å². The van der Waals surface area contributed by atoms with Crippen molar-refractivity contribution in [3.63, 3.8) is 0 Å². The zero-order valence-corrected chi connectivity index (χ0v) is 15.7. The molecule has 1 saturated heterocycles. The maximum absolute atomic E-state index is 12.9. The number of ketones is 1. The van der Waals surface area contributed by atoms with Gasteiger partial charge < -0.3 is 15.5 Å². The largest absolute Gasteiger partial charge is 0.334 e. The van der Waals surface area contributed by atoms with Gasteiger partial charge in [-0.05, 0) is 38.5 Å². The second-order valence-corrected chi connectivity index (χ2v) is 7.29. The summed E-state index contributed by atoms with van der Waals surface area (Å²) in [6, 6.07) is -1.47. The summed E-state index contributed by atoms with van der Waals surface area (Å²) in [7, 11) is 1.67. The normalized spacial score (nSPS) is 20.1. The van der Waals surface area contributed by atoms with Crippen molar-refractivity contribution in [1.29, 1.82) is 0 Å². The van der Waals surface area contributed by atoms with Gasteiger partial charge in [-0.1, -0.05) is 27.2 Å². The Balaban J connectivity index is 2.87. The van der Waals surface area contributed by atoms with E-state index in [-0.39, 0.29) is 17.6 Å². The van der Waals surface area contributed by atoms with Gasteiger partial charge in [0.25, 0.3) is 0 Å². The number of nitrogens with zero attached hydrogens (tertiary/aromatic N) is 2. The molecule has 3 atom stereocenters. The average Bonchev–Trinajstić information content (AvgIpc) is 2.99. The van der Waals surface area contributed by atoms with Crippen LogP contribution in [0.3, 0.4) is 0 Å². The molecular formula is C18H33N3O3. The molecular weight excluding hydrogens is 306 g/mol. The van der Waals surface area contributed by atoms with Gasteiger partial charge in [-0.25, -0.2) is 0 Å². The van der Waals surface area contributed by atoms with Crippen LogP contribution in [0.5, 0.6) is 0 Å². The molecule has 0 radical (unpaired) electrons. The molecule has 0 spiro atoms. The third-order valence-electron chi connectivity index (χ3n) is 4.72. The zero-order valence-electron chi connectivity index (χ0n) is 15.7. The molecule has 0 aliphatic carbocycles. The molecule has 1 fully saturated rings. The molecule has 24 heavy (non-hydrogen) atoms. The van der Waals surface area contributed by atoms with Crippen molar-refractivity contribution in [2.45, 2.75) is 77.9 Å². The molecule has 6 nitrogen and oxygen atoms in total. The Hall–Kier alpha value is -1.43. The number of nitrogens with two attached hydrogens (primary N) is 1. The predicted molar refractivity (Wildman–Crippen MR) is 94.3 cm³/mol. The summed E-state index contributed by atoms with van der Waals surface area (Å²) in [5.41, 5.74) is 5.95. The molecule has 6 heteroatoms. The summed E-state index contributed by atoms with van der Waals surface area (Å²) in [6.45, 7) is 8.13. The molecule has 0 aromatic rings. The van der Waals surface area contributed by atoms with E-state index in [0.29, 0.717) is 31.7 Å². The van der Waals surface area contributed by atoms with Crippen molar-refractivity contribution in [2.24, 2.45) is 11.7 Å². The lowest BCUT2D eigenvalue weighted by Crippen LogP contribution is -2.54. The number of rotatable bonds is 8. The van der Waals surface area contributed by atoms with Gasteiger partial charge in [0.05, 0.1) is 12.1 Å². The van der Waals surface area contributed by atoms with Crippen molar-refractivity contribution < 1.29 is 14.4 Å². The van der Waals surface area contributed by atoms with Gasteiger partial charge in [0.1, 0.15) is 6.04 Å². The molecule has 2 amide bonds. The topological polar surface area (TPSA) is 83.7 Å². The van der Waals surface area contributed by atoms with E-state index < -0.39 is 18.1 Å². The highest BCUT2D eigenvalue weighted by molar-refractivity contribution is 5.93. The highest BCUT2D eigenvalue weighted by Gasteiger charge is 2.39. The minimum Gasteiger partial charge on any atom is -0.334 e. The number of amides is 2. The Morgan fingerprint density at radius 1 is 1.29 bits per heavy atom. The van der Waals surface area contributed by atoms with Crippen LogP contribution in [0.2, 0.25) is 0 Å². The van der Waals surface area contributed by atoms with Crippen LogP contribution in [-0.4, -0.2) is 59.1 Å². The van der Waals surface area contributed by atoms with E-state index in [2.05, 4.69) is 0 Å². The number of carbonyl (C=O) groups is 3. The first-order valence-corrected chi connectivity index (χ1v) is 9.03. The second-order valence-electron chi connectivity index (χ2n) is 7.29. The molecule has 0 aromatic carbocycles. The van der Waals surface area contributed by atoms with Gasteiger partial charge in [0, 0.05) is 13.6 Å². The molecule has 1 heterocycles. The molecule has 0 aromatic heterocycles. The summed E-state index contributed by atoms with van der Waals surface area (Å²) in [6.07, 6.45) is 3.52. The third kappa shape index (κ3) is 5.03. The van der Waals surface area contributed by atoms with Gasteiger partial charge in [-0.15, -0.1) is 0 Å². The summed E-state index contributed by atoms with van der Waals surface area (Å²) in [4.78, 5) is 40.5. The number of carbonyl (C=O) groups excluding carboxylic acids is 3. The van der Waals surface area contributed by atoms with Crippen molar-refractivity contribution in [3.8, 4) is 0 Å². The van der Waals surface area contributed by atoms with Crippen LogP contribution in [0.25, 0.3) is 0 Å². The second kappa shape index (κ2) is 9.16. The fourth-order valence-electron chi connectivity index (χ4n) is 3.37. The standard InChI is InChI=1S/C18H33N3O3/c1-6-8-14(19)17(23)21-10-7-9-15(21)18(24)20(5)16(13(4)22)11-12(2)3/h12,14-16H,6-11,19H2,1-5H3/t14-,15-,16+/m0/s1. The van der Waals surface area contributed by atoms with Crippen molar-refractivity contribution in [3.05, 3.63) is 0 Å². The van der Waals surface area contributed by atoms with Crippen LogP contribution in [0, 0.1) is 5.92 Å². The van der Waals surface area contributed by atoms with Gasteiger partial charge >= 0.3 is 0 Å². The molecule has 0 unspecified atom stereocenters. The maximum atomic E-state index is 12.9. The summed E-state index contributed by atoms with van der Waals surface area (Å²) >= 11 is 0. The Kier molecular flexibility index (Phi) is 7.87. The fourth-order valence-corrected chi connectivity index (χ4v) is 3.37. The van der Waals surface area contributed by atoms with E-state index in [1.807, 2.05) is 20.8 Å². The highest BCUT2D eigenvalue weighted by Crippen LogP contribution is 2.22. The van der Waals surface area contributed by atoms with E-state index >= 15 is 0 Å².